The van der Waals surface area contributed by atoms with Gasteiger partial charge in [-0.25, -0.2) is 9.97 Å². The van der Waals surface area contributed by atoms with Crippen LogP contribution in [0.3, 0.4) is 0 Å². The molecular formula is C16H28N4. The summed E-state index contributed by atoms with van der Waals surface area (Å²) in [5.41, 5.74) is 1.16. The molecule has 0 aliphatic carbocycles. The van der Waals surface area contributed by atoms with E-state index in [1.54, 1.807) is 0 Å². The quantitative estimate of drug-likeness (QED) is 0.867. The zero-order valence-electron chi connectivity index (χ0n) is 13.2. The second-order valence-electron chi connectivity index (χ2n) is 5.83. The second kappa shape index (κ2) is 7.58. The minimum Gasteiger partial charge on any atom is -0.366 e. The van der Waals surface area contributed by atoms with Gasteiger partial charge in [-0.05, 0) is 45.7 Å². The molecule has 4 nitrogen and oxygen atoms in total. The lowest BCUT2D eigenvalue weighted by Gasteiger charge is -2.33. The molecule has 1 aromatic rings. The molecule has 2 rings (SSSR count). The van der Waals surface area contributed by atoms with Crippen LogP contribution in [0.15, 0.2) is 6.07 Å². The monoisotopic (exact) mass is 276 g/mol. The van der Waals surface area contributed by atoms with Gasteiger partial charge in [0.2, 0.25) is 0 Å². The van der Waals surface area contributed by atoms with E-state index in [2.05, 4.69) is 40.1 Å². The molecule has 0 radical (unpaired) electrons. The van der Waals surface area contributed by atoms with Crippen molar-refractivity contribution in [3.8, 4) is 0 Å². The van der Waals surface area contributed by atoms with E-state index in [4.69, 9.17) is 0 Å². The molecule has 1 N–H and O–H groups in total. The fourth-order valence-electron chi connectivity index (χ4n) is 2.99. The predicted molar refractivity (Wildman–Crippen MR) is 84.1 cm³/mol. The minimum absolute atomic E-state index is 0.527. The Morgan fingerprint density at radius 2 is 2.15 bits per heavy atom. The van der Waals surface area contributed by atoms with E-state index in [-0.39, 0.29) is 0 Å². The van der Waals surface area contributed by atoms with Gasteiger partial charge in [0.15, 0.2) is 0 Å². The van der Waals surface area contributed by atoms with Crippen molar-refractivity contribution in [1.82, 2.24) is 14.9 Å². The molecule has 1 unspecified atom stereocenters. The van der Waals surface area contributed by atoms with Gasteiger partial charge < -0.3 is 10.2 Å². The van der Waals surface area contributed by atoms with Crippen molar-refractivity contribution in [2.75, 3.05) is 25.0 Å². The third-order valence-electron chi connectivity index (χ3n) is 3.79. The Balaban J connectivity index is 1.98. The summed E-state index contributed by atoms with van der Waals surface area (Å²) >= 11 is 0. The van der Waals surface area contributed by atoms with Crippen molar-refractivity contribution in [1.29, 1.82) is 0 Å². The maximum absolute atomic E-state index is 4.54. The summed E-state index contributed by atoms with van der Waals surface area (Å²) in [6.07, 6.45) is 5.92. The van der Waals surface area contributed by atoms with Gasteiger partial charge in [-0.2, -0.15) is 0 Å². The lowest BCUT2D eigenvalue weighted by atomic mass is 10.1. The van der Waals surface area contributed by atoms with Gasteiger partial charge in [-0.3, -0.25) is 0 Å². The molecule has 112 valence electrons. The zero-order valence-corrected chi connectivity index (χ0v) is 13.2. The van der Waals surface area contributed by atoms with E-state index in [9.17, 15) is 0 Å². The van der Waals surface area contributed by atoms with Gasteiger partial charge in [0.25, 0.3) is 0 Å². The van der Waals surface area contributed by atoms with E-state index >= 15 is 0 Å². The fourth-order valence-corrected chi connectivity index (χ4v) is 2.99. The molecule has 0 aromatic carbocycles. The molecule has 1 atom stereocenters. The topological polar surface area (TPSA) is 41.0 Å². The SMILES string of the molecule is CCCc1cc(NC2CCCN(CCC)C2)nc(C)n1. The summed E-state index contributed by atoms with van der Waals surface area (Å²) in [4.78, 5) is 11.6. The van der Waals surface area contributed by atoms with Crippen LogP contribution in [-0.2, 0) is 6.42 Å². The summed E-state index contributed by atoms with van der Waals surface area (Å²) in [6, 6.07) is 2.65. The van der Waals surface area contributed by atoms with Crippen LogP contribution in [0.4, 0.5) is 5.82 Å². The number of rotatable bonds is 6. The molecule has 0 saturated carbocycles. The highest BCUT2D eigenvalue weighted by Gasteiger charge is 2.19. The van der Waals surface area contributed by atoms with E-state index in [1.165, 1.54) is 32.4 Å². The highest BCUT2D eigenvalue weighted by molar-refractivity contribution is 5.37. The molecule has 4 heteroatoms. The van der Waals surface area contributed by atoms with Crippen LogP contribution in [0.25, 0.3) is 0 Å². The molecular weight excluding hydrogens is 248 g/mol. The number of nitrogens with one attached hydrogen (secondary N) is 1. The van der Waals surface area contributed by atoms with E-state index in [0.717, 1.165) is 36.7 Å². The van der Waals surface area contributed by atoms with Gasteiger partial charge in [-0.1, -0.05) is 20.3 Å². The molecule has 1 aromatic heterocycles. The maximum Gasteiger partial charge on any atom is 0.130 e. The zero-order chi connectivity index (χ0) is 14.4. The number of likely N-dealkylation sites (tertiary alicyclic amines) is 1. The first-order chi connectivity index (χ1) is 9.71. The molecule has 1 saturated heterocycles. The van der Waals surface area contributed by atoms with Crippen LogP contribution in [0.1, 0.15) is 51.0 Å². The largest absolute Gasteiger partial charge is 0.366 e. The van der Waals surface area contributed by atoms with Crippen LogP contribution >= 0.6 is 0 Å². The number of piperidine rings is 1. The van der Waals surface area contributed by atoms with Gasteiger partial charge in [-0.15, -0.1) is 0 Å². The Labute approximate surface area is 123 Å². The highest BCUT2D eigenvalue weighted by Crippen LogP contribution is 2.16. The van der Waals surface area contributed by atoms with Crippen LogP contribution in [0.2, 0.25) is 0 Å². The second-order valence-corrected chi connectivity index (χ2v) is 5.83. The Kier molecular flexibility index (Phi) is 5.77. The smallest absolute Gasteiger partial charge is 0.130 e. The van der Waals surface area contributed by atoms with E-state index < -0.39 is 0 Å². The Bertz CT molecular complexity index is 417. The number of aryl methyl sites for hydroxylation is 2. The minimum atomic E-state index is 0.527. The average Bonchev–Trinajstić information content (AvgIpc) is 2.39. The third kappa shape index (κ3) is 4.44. The summed E-state index contributed by atoms with van der Waals surface area (Å²) in [6.45, 7) is 10.0. The molecule has 20 heavy (non-hydrogen) atoms. The fraction of sp³-hybridized carbons (Fsp3) is 0.750. The molecule has 1 aliphatic rings. The highest BCUT2D eigenvalue weighted by atomic mass is 15.2. The van der Waals surface area contributed by atoms with Gasteiger partial charge >= 0.3 is 0 Å². The van der Waals surface area contributed by atoms with Crippen molar-refractivity contribution in [2.24, 2.45) is 0 Å². The molecule has 1 fully saturated rings. The number of hydrogen-bond acceptors (Lipinski definition) is 4. The Hall–Kier alpha value is -1.16. The van der Waals surface area contributed by atoms with Gasteiger partial charge in [0.1, 0.15) is 11.6 Å². The van der Waals surface area contributed by atoms with Crippen LogP contribution in [-0.4, -0.2) is 40.5 Å². The number of nitrogens with zero attached hydrogens (tertiary/aromatic N) is 3. The molecule has 0 bridgehead atoms. The summed E-state index contributed by atoms with van der Waals surface area (Å²) in [5.74, 6) is 1.88. The first-order valence-electron chi connectivity index (χ1n) is 8.04. The molecule has 0 spiro atoms. The van der Waals surface area contributed by atoms with Crippen LogP contribution in [0, 0.1) is 6.92 Å². The van der Waals surface area contributed by atoms with Gasteiger partial charge in [0, 0.05) is 24.3 Å². The standard InChI is InChI=1S/C16H28N4/c1-4-7-14-11-16(18-13(3)17-14)19-15-8-6-10-20(12-15)9-5-2/h11,15H,4-10,12H2,1-3H3,(H,17,18,19). The van der Waals surface area contributed by atoms with Crippen molar-refractivity contribution >= 4 is 5.82 Å². The first-order valence-corrected chi connectivity index (χ1v) is 8.04. The summed E-state index contributed by atoms with van der Waals surface area (Å²) < 4.78 is 0. The average molecular weight is 276 g/mol. The Morgan fingerprint density at radius 3 is 2.90 bits per heavy atom. The summed E-state index contributed by atoms with van der Waals surface area (Å²) in [7, 11) is 0. The van der Waals surface area contributed by atoms with Gasteiger partial charge in [0.05, 0.1) is 0 Å². The maximum atomic E-state index is 4.54. The van der Waals surface area contributed by atoms with Crippen molar-refractivity contribution in [3.63, 3.8) is 0 Å². The van der Waals surface area contributed by atoms with E-state index in [1.807, 2.05) is 6.92 Å². The predicted octanol–water partition coefficient (Wildman–Crippen LogP) is 3.02. The lowest BCUT2D eigenvalue weighted by molar-refractivity contribution is 0.216. The molecule has 0 amide bonds. The van der Waals surface area contributed by atoms with Crippen LogP contribution in [0.5, 0.6) is 0 Å². The number of anilines is 1. The first kappa shape index (κ1) is 15.2. The molecule has 2 heterocycles. The van der Waals surface area contributed by atoms with Crippen molar-refractivity contribution in [3.05, 3.63) is 17.6 Å². The number of hydrogen-bond donors (Lipinski definition) is 1. The third-order valence-corrected chi connectivity index (χ3v) is 3.79. The van der Waals surface area contributed by atoms with E-state index in [0.29, 0.717) is 6.04 Å². The molecule has 1 aliphatic heterocycles. The van der Waals surface area contributed by atoms with Crippen molar-refractivity contribution in [2.45, 2.75) is 58.9 Å². The van der Waals surface area contributed by atoms with Crippen LogP contribution < -0.4 is 5.32 Å². The number of aromatic nitrogens is 2. The Morgan fingerprint density at radius 1 is 1.30 bits per heavy atom. The normalized spacial score (nSPS) is 20.1. The summed E-state index contributed by atoms with van der Waals surface area (Å²) in [5, 5.41) is 3.62. The lowest BCUT2D eigenvalue weighted by Crippen LogP contribution is -2.42. The van der Waals surface area contributed by atoms with Crippen molar-refractivity contribution < 1.29 is 0 Å².